The maximum absolute atomic E-state index is 12.9. The lowest BCUT2D eigenvalue weighted by atomic mass is 10.1. The molecule has 0 fully saturated rings. The first kappa shape index (κ1) is 18.3. The number of ether oxygens (including phenoxy) is 2. The van der Waals surface area contributed by atoms with Gasteiger partial charge in [-0.2, -0.15) is 0 Å². The third kappa shape index (κ3) is 4.20. The number of carbonyl (C=O) groups is 1. The number of nitrogens with one attached hydrogen (secondary N) is 2. The van der Waals surface area contributed by atoms with Crippen LogP contribution in [-0.2, 0) is 0 Å². The lowest BCUT2D eigenvalue weighted by Gasteiger charge is -2.16. The Balaban J connectivity index is 1.88. The molecule has 138 valence electrons. The number of anilines is 3. The molecule has 0 aliphatic rings. The first-order chi connectivity index (χ1) is 13.1. The maximum Gasteiger partial charge on any atom is 0.263 e. The first-order valence-electron chi connectivity index (χ1n) is 8.57. The van der Waals surface area contributed by atoms with Gasteiger partial charge in [-0.05, 0) is 43.3 Å². The summed E-state index contributed by atoms with van der Waals surface area (Å²) in [5.41, 5.74) is 3.94. The number of benzene rings is 3. The van der Waals surface area contributed by atoms with E-state index >= 15 is 0 Å². The SMILES string of the molecule is COc1cccc(OC)c1C(=O)Nc1ccccc1Nc1ccc(C)cc1. The van der Waals surface area contributed by atoms with E-state index in [1.54, 1.807) is 18.2 Å². The van der Waals surface area contributed by atoms with Crippen molar-refractivity contribution in [3.8, 4) is 11.5 Å². The summed E-state index contributed by atoms with van der Waals surface area (Å²) in [6.07, 6.45) is 0. The van der Waals surface area contributed by atoms with E-state index in [9.17, 15) is 4.79 Å². The highest BCUT2D eigenvalue weighted by Crippen LogP contribution is 2.31. The van der Waals surface area contributed by atoms with Crippen molar-refractivity contribution in [1.29, 1.82) is 0 Å². The molecule has 3 aromatic carbocycles. The average molecular weight is 362 g/mol. The summed E-state index contributed by atoms with van der Waals surface area (Å²) >= 11 is 0. The van der Waals surface area contributed by atoms with Crippen LogP contribution in [0.3, 0.4) is 0 Å². The highest BCUT2D eigenvalue weighted by Gasteiger charge is 2.19. The number of hydrogen-bond acceptors (Lipinski definition) is 4. The summed E-state index contributed by atoms with van der Waals surface area (Å²) in [6.45, 7) is 2.04. The van der Waals surface area contributed by atoms with E-state index in [1.165, 1.54) is 19.8 Å². The van der Waals surface area contributed by atoms with Gasteiger partial charge in [0.25, 0.3) is 5.91 Å². The molecular formula is C22H22N2O3. The van der Waals surface area contributed by atoms with Crippen LogP contribution >= 0.6 is 0 Å². The minimum absolute atomic E-state index is 0.303. The third-order valence-electron chi connectivity index (χ3n) is 4.16. The molecule has 5 nitrogen and oxygen atoms in total. The smallest absolute Gasteiger partial charge is 0.263 e. The van der Waals surface area contributed by atoms with Gasteiger partial charge in [0.2, 0.25) is 0 Å². The second kappa shape index (κ2) is 8.27. The molecule has 0 bridgehead atoms. The number of amides is 1. The minimum Gasteiger partial charge on any atom is -0.496 e. The van der Waals surface area contributed by atoms with Gasteiger partial charge in [-0.3, -0.25) is 4.79 Å². The van der Waals surface area contributed by atoms with Gasteiger partial charge in [0.05, 0.1) is 25.6 Å². The predicted molar refractivity (Wildman–Crippen MR) is 108 cm³/mol. The Hall–Kier alpha value is -3.47. The van der Waals surface area contributed by atoms with E-state index in [4.69, 9.17) is 9.47 Å². The van der Waals surface area contributed by atoms with Crippen LogP contribution in [0.1, 0.15) is 15.9 Å². The molecule has 3 aromatic rings. The van der Waals surface area contributed by atoms with Crippen LogP contribution in [0.5, 0.6) is 11.5 Å². The molecule has 0 saturated carbocycles. The fourth-order valence-corrected chi connectivity index (χ4v) is 2.75. The molecule has 0 aliphatic heterocycles. The summed E-state index contributed by atoms with van der Waals surface area (Å²) in [6, 6.07) is 20.8. The van der Waals surface area contributed by atoms with Crippen LogP contribution in [0.2, 0.25) is 0 Å². The number of hydrogen-bond donors (Lipinski definition) is 2. The van der Waals surface area contributed by atoms with Gasteiger partial charge in [-0.15, -0.1) is 0 Å². The Kier molecular flexibility index (Phi) is 5.61. The number of rotatable bonds is 6. The molecule has 5 heteroatoms. The second-order valence-electron chi connectivity index (χ2n) is 6.03. The lowest BCUT2D eigenvalue weighted by Crippen LogP contribution is -2.15. The molecule has 0 saturated heterocycles. The summed E-state index contributed by atoms with van der Waals surface area (Å²) in [7, 11) is 3.05. The van der Waals surface area contributed by atoms with Gasteiger partial charge in [-0.25, -0.2) is 0 Å². The Morgan fingerprint density at radius 2 is 1.37 bits per heavy atom. The molecule has 0 spiro atoms. The van der Waals surface area contributed by atoms with Crippen LogP contribution in [0.15, 0.2) is 66.7 Å². The van der Waals surface area contributed by atoms with Crippen LogP contribution in [-0.4, -0.2) is 20.1 Å². The van der Waals surface area contributed by atoms with Gasteiger partial charge in [-0.1, -0.05) is 35.9 Å². The highest BCUT2D eigenvalue weighted by molar-refractivity contribution is 6.09. The van der Waals surface area contributed by atoms with Gasteiger partial charge in [0.15, 0.2) is 0 Å². The summed E-state index contributed by atoms with van der Waals surface area (Å²) in [4.78, 5) is 12.9. The van der Waals surface area contributed by atoms with Crippen molar-refractivity contribution in [2.45, 2.75) is 6.92 Å². The topological polar surface area (TPSA) is 59.6 Å². The van der Waals surface area contributed by atoms with Gasteiger partial charge >= 0.3 is 0 Å². The number of aryl methyl sites for hydroxylation is 1. The van der Waals surface area contributed by atoms with E-state index < -0.39 is 0 Å². The van der Waals surface area contributed by atoms with E-state index in [1.807, 2.05) is 55.5 Å². The quantitative estimate of drug-likeness (QED) is 0.647. The monoisotopic (exact) mass is 362 g/mol. The molecule has 0 unspecified atom stereocenters. The maximum atomic E-state index is 12.9. The first-order valence-corrected chi connectivity index (χ1v) is 8.57. The molecule has 2 N–H and O–H groups in total. The molecule has 0 radical (unpaired) electrons. The molecule has 0 aromatic heterocycles. The number of para-hydroxylation sites is 2. The zero-order valence-electron chi connectivity index (χ0n) is 15.6. The molecule has 3 rings (SSSR count). The van der Waals surface area contributed by atoms with E-state index in [0.717, 1.165) is 11.4 Å². The van der Waals surface area contributed by atoms with Crippen LogP contribution in [0.25, 0.3) is 0 Å². The van der Waals surface area contributed by atoms with Crippen molar-refractivity contribution in [3.05, 3.63) is 77.9 Å². The van der Waals surface area contributed by atoms with Crippen molar-refractivity contribution in [1.82, 2.24) is 0 Å². The fourth-order valence-electron chi connectivity index (χ4n) is 2.75. The molecule has 0 aliphatic carbocycles. The lowest BCUT2D eigenvalue weighted by molar-refractivity contribution is 0.102. The van der Waals surface area contributed by atoms with Crippen LogP contribution in [0, 0.1) is 6.92 Å². The zero-order chi connectivity index (χ0) is 19.2. The normalized spacial score (nSPS) is 10.2. The van der Waals surface area contributed by atoms with Gasteiger partial charge in [0, 0.05) is 5.69 Å². The van der Waals surface area contributed by atoms with E-state index in [0.29, 0.717) is 22.7 Å². The molecule has 27 heavy (non-hydrogen) atoms. The third-order valence-corrected chi connectivity index (χ3v) is 4.16. The molecule has 1 amide bonds. The Morgan fingerprint density at radius 1 is 0.778 bits per heavy atom. The average Bonchev–Trinajstić information content (AvgIpc) is 2.70. The van der Waals surface area contributed by atoms with Crippen molar-refractivity contribution < 1.29 is 14.3 Å². The van der Waals surface area contributed by atoms with E-state index in [2.05, 4.69) is 10.6 Å². The molecular weight excluding hydrogens is 340 g/mol. The summed E-state index contributed by atoms with van der Waals surface area (Å²) < 4.78 is 10.7. The summed E-state index contributed by atoms with van der Waals surface area (Å²) in [5.74, 6) is 0.606. The minimum atomic E-state index is -0.303. The fraction of sp³-hybridized carbons (Fsp3) is 0.136. The summed E-state index contributed by atoms with van der Waals surface area (Å²) in [5, 5.41) is 6.28. The number of carbonyl (C=O) groups excluding carboxylic acids is 1. The highest BCUT2D eigenvalue weighted by atomic mass is 16.5. The Bertz CT molecular complexity index is 914. The standard InChI is InChI=1S/C22H22N2O3/c1-15-11-13-16(14-12-15)23-17-7-4-5-8-18(17)24-22(25)21-19(26-2)9-6-10-20(21)27-3/h4-14,23H,1-3H3,(H,24,25). The van der Waals surface area contributed by atoms with Crippen LogP contribution < -0.4 is 20.1 Å². The van der Waals surface area contributed by atoms with Crippen molar-refractivity contribution in [2.75, 3.05) is 24.9 Å². The van der Waals surface area contributed by atoms with E-state index in [-0.39, 0.29) is 5.91 Å². The van der Waals surface area contributed by atoms with Crippen molar-refractivity contribution in [3.63, 3.8) is 0 Å². The van der Waals surface area contributed by atoms with Crippen molar-refractivity contribution in [2.24, 2.45) is 0 Å². The largest absolute Gasteiger partial charge is 0.496 e. The van der Waals surface area contributed by atoms with Crippen molar-refractivity contribution >= 4 is 23.0 Å². The Morgan fingerprint density at radius 3 is 1.96 bits per heavy atom. The number of methoxy groups -OCH3 is 2. The Labute approximate surface area is 158 Å². The van der Waals surface area contributed by atoms with Crippen LogP contribution in [0.4, 0.5) is 17.1 Å². The zero-order valence-corrected chi connectivity index (χ0v) is 15.6. The molecule has 0 atom stereocenters. The molecule has 0 heterocycles. The van der Waals surface area contributed by atoms with Gasteiger partial charge < -0.3 is 20.1 Å². The second-order valence-corrected chi connectivity index (χ2v) is 6.03. The predicted octanol–water partition coefficient (Wildman–Crippen LogP) is 5.01. The van der Waals surface area contributed by atoms with Gasteiger partial charge in [0.1, 0.15) is 17.1 Å².